The molecule has 0 spiro atoms. The molecule has 2 N–H and O–H groups in total. The molecule has 0 aliphatic rings. The molecule has 0 aliphatic carbocycles. The highest BCUT2D eigenvalue weighted by Crippen LogP contribution is 2.20. The molecule has 12 heavy (non-hydrogen) atoms. The van der Waals surface area contributed by atoms with Crippen molar-refractivity contribution in [1.29, 1.82) is 0 Å². The lowest BCUT2D eigenvalue weighted by Crippen LogP contribution is -1.93. The van der Waals surface area contributed by atoms with Crippen LogP contribution in [0.15, 0.2) is 18.6 Å². The molecule has 0 saturated carbocycles. The summed E-state index contributed by atoms with van der Waals surface area (Å²) in [4.78, 5) is 11.7. The molecule has 0 fully saturated rings. The molecule has 2 aromatic heterocycles. The monoisotopic (exact) mass is 180 g/mol. The van der Waals surface area contributed by atoms with E-state index in [1.165, 1.54) is 6.33 Å². The van der Waals surface area contributed by atoms with Crippen molar-refractivity contribution in [3.05, 3.63) is 23.7 Å². The van der Waals surface area contributed by atoms with E-state index in [9.17, 15) is 0 Å². The number of fused-ring (bicyclic) bond motifs is 1. The minimum absolute atomic E-state index is 0.372. The minimum atomic E-state index is 0.372. The highest BCUT2D eigenvalue weighted by Gasteiger charge is 2.03. The Morgan fingerprint density at radius 1 is 1.25 bits per heavy atom. The molecule has 2 rings (SSSR count). The predicted octanol–water partition coefficient (Wildman–Crippen LogP) is 1.26. The lowest BCUT2D eigenvalue weighted by atomic mass is 10.3. The number of hydrogen-bond donors (Lipinski definition) is 1. The zero-order valence-corrected chi connectivity index (χ0v) is 6.78. The van der Waals surface area contributed by atoms with Crippen molar-refractivity contribution in [3.8, 4) is 0 Å². The van der Waals surface area contributed by atoms with Crippen molar-refractivity contribution in [2.24, 2.45) is 0 Å². The first-order valence-corrected chi connectivity index (χ1v) is 3.67. The van der Waals surface area contributed by atoms with E-state index in [0.717, 1.165) is 5.39 Å². The molecule has 0 unspecified atom stereocenters. The molecule has 0 amide bonds. The van der Waals surface area contributed by atoms with Crippen LogP contribution in [-0.2, 0) is 0 Å². The number of nitrogens with two attached hydrogens (primary N) is 1. The lowest BCUT2D eigenvalue weighted by molar-refractivity contribution is 1.21. The van der Waals surface area contributed by atoms with Crippen LogP contribution < -0.4 is 5.73 Å². The Bertz CT molecular complexity index is 387. The maximum Gasteiger partial charge on any atom is 0.150 e. The van der Waals surface area contributed by atoms with Gasteiger partial charge >= 0.3 is 0 Å². The second-order valence-electron chi connectivity index (χ2n) is 2.26. The quantitative estimate of drug-likeness (QED) is 0.620. The Balaban J connectivity index is 2.94. The molecule has 0 bridgehead atoms. The van der Waals surface area contributed by atoms with E-state index >= 15 is 0 Å². The SMILES string of the molecule is Nc1nccc2c(Cl)ncnc12. The molecular formula is C7H5ClN4. The summed E-state index contributed by atoms with van der Waals surface area (Å²) in [6, 6.07) is 1.73. The Kier molecular flexibility index (Phi) is 1.55. The second kappa shape index (κ2) is 2.57. The first-order valence-electron chi connectivity index (χ1n) is 3.30. The van der Waals surface area contributed by atoms with Crippen molar-refractivity contribution in [3.63, 3.8) is 0 Å². The van der Waals surface area contributed by atoms with Crippen LogP contribution in [0.25, 0.3) is 10.9 Å². The first kappa shape index (κ1) is 7.24. The van der Waals surface area contributed by atoms with Gasteiger partial charge in [-0.15, -0.1) is 0 Å². The van der Waals surface area contributed by atoms with E-state index in [-0.39, 0.29) is 0 Å². The number of nitrogen functional groups attached to an aromatic ring is 1. The molecule has 0 aromatic carbocycles. The van der Waals surface area contributed by atoms with Crippen LogP contribution in [0.2, 0.25) is 5.15 Å². The standard InChI is InChI=1S/C7H5ClN4/c8-6-4-1-2-10-7(9)5(4)11-3-12-6/h1-3H,(H2,9,10). The largest absolute Gasteiger partial charge is 0.382 e. The van der Waals surface area contributed by atoms with E-state index in [2.05, 4.69) is 15.0 Å². The molecule has 4 nitrogen and oxygen atoms in total. The van der Waals surface area contributed by atoms with Gasteiger partial charge < -0.3 is 5.73 Å². The van der Waals surface area contributed by atoms with E-state index in [1.54, 1.807) is 12.3 Å². The summed E-state index contributed by atoms with van der Waals surface area (Å²) >= 11 is 5.79. The summed E-state index contributed by atoms with van der Waals surface area (Å²) in [5, 5.41) is 1.13. The summed E-state index contributed by atoms with van der Waals surface area (Å²) in [6.45, 7) is 0. The predicted molar refractivity (Wildman–Crippen MR) is 46.8 cm³/mol. The maximum absolute atomic E-state index is 5.79. The summed E-state index contributed by atoms with van der Waals surface area (Å²) in [6.07, 6.45) is 2.94. The zero-order chi connectivity index (χ0) is 8.55. The third-order valence-electron chi connectivity index (χ3n) is 1.53. The summed E-state index contributed by atoms with van der Waals surface area (Å²) in [7, 11) is 0. The van der Waals surface area contributed by atoms with E-state index < -0.39 is 0 Å². The number of anilines is 1. The average Bonchev–Trinajstić information content (AvgIpc) is 2.07. The van der Waals surface area contributed by atoms with E-state index in [0.29, 0.717) is 16.5 Å². The molecule has 0 radical (unpaired) electrons. The average molecular weight is 181 g/mol. The van der Waals surface area contributed by atoms with Gasteiger partial charge in [-0.3, -0.25) is 0 Å². The van der Waals surface area contributed by atoms with Crippen molar-refractivity contribution in [2.75, 3.05) is 5.73 Å². The van der Waals surface area contributed by atoms with Crippen LogP contribution in [0, 0.1) is 0 Å². The van der Waals surface area contributed by atoms with Gasteiger partial charge in [-0.2, -0.15) is 0 Å². The second-order valence-corrected chi connectivity index (χ2v) is 2.61. The summed E-state index contributed by atoms with van der Waals surface area (Å²) < 4.78 is 0. The fourth-order valence-electron chi connectivity index (χ4n) is 0.979. The topological polar surface area (TPSA) is 64.7 Å². The Morgan fingerprint density at radius 3 is 2.83 bits per heavy atom. The molecule has 60 valence electrons. The van der Waals surface area contributed by atoms with Gasteiger partial charge in [0.15, 0.2) is 0 Å². The van der Waals surface area contributed by atoms with Crippen LogP contribution in [0.5, 0.6) is 0 Å². The highest BCUT2D eigenvalue weighted by atomic mass is 35.5. The van der Waals surface area contributed by atoms with Gasteiger partial charge in [0.05, 0.1) is 0 Å². The number of hydrogen-bond acceptors (Lipinski definition) is 4. The molecule has 0 saturated heterocycles. The van der Waals surface area contributed by atoms with Gasteiger partial charge in [-0.25, -0.2) is 15.0 Å². The van der Waals surface area contributed by atoms with Crippen LogP contribution in [0.1, 0.15) is 0 Å². The van der Waals surface area contributed by atoms with E-state index in [1.807, 2.05) is 0 Å². The van der Waals surface area contributed by atoms with Crippen LogP contribution in [0.3, 0.4) is 0 Å². The van der Waals surface area contributed by atoms with Crippen molar-refractivity contribution >= 4 is 28.3 Å². The van der Waals surface area contributed by atoms with Crippen molar-refractivity contribution in [1.82, 2.24) is 15.0 Å². The molecule has 2 aromatic rings. The number of nitrogens with zero attached hydrogens (tertiary/aromatic N) is 3. The Labute approximate surface area is 73.4 Å². The Hall–Kier alpha value is -1.42. The van der Waals surface area contributed by atoms with Crippen molar-refractivity contribution < 1.29 is 0 Å². The Morgan fingerprint density at radius 2 is 2.08 bits per heavy atom. The fourth-order valence-corrected chi connectivity index (χ4v) is 1.18. The third-order valence-corrected chi connectivity index (χ3v) is 1.83. The third kappa shape index (κ3) is 0.967. The molecular weight excluding hydrogens is 176 g/mol. The van der Waals surface area contributed by atoms with Crippen LogP contribution in [-0.4, -0.2) is 15.0 Å². The minimum Gasteiger partial charge on any atom is -0.382 e. The first-order chi connectivity index (χ1) is 5.79. The number of pyridine rings is 1. The lowest BCUT2D eigenvalue weighted by Gasteiger charge is -1.99. The molecule has 2 heterocycles. The highest BCUT2D eigenvalue weighted by molar-refractivity contribution is 6.34. The molecule has 5 heteroatoms. The van der Waals surface area contributed by atoms with Gasteiger partial charge in [0.25, 0.3) is 0 Å². The number of halogens is 1. The van der Waals surface area contributed by atoms with Gasteiger partial charge in [0.2, 0.25) is 0 Å². The van der Waals surface area contributed by atoms with Gasteiger partial charge in [0.1, 0.15) is 22.8 Å². The normalized spacial score (nSPS) is 10.4. The van der Waals surface area contributed by atoms with Gasteiger partial charge in [0, 0.05) is 11.6 Å². The molecule has 0 aliphatic heterocycles. The summed E-state index contributed by atoms with van der Waals surface area (Å²) in [5.41, 5.74) is 6.16. The number of aromatic nitrogens is 3. The van der Waals surface area contributed by atoms with Crippen LogP contribution >= 0.6 is 11.6 Å². The van der Waals surface area contributed by atoms with E-state index in [4.69, 9.17) is 17.3 Å². The van der Waals surface area contributed by atoms with Gasteiger partial charge in [-0.05, 0) is 6.07 Å². The van der Waals surface area contributed by atoms with Crippen LogP contribution in [0.4, 0.5) is 5.82 Å². The maximum atomic E-state index is 5.79. The zero-order valence-electron chi connectivity index (χ0n) is 6.03. The van der Waals surface area contributed by atoms with Crippen molar-refractivity contribution in [2.45, 2.75) is 0 Å². The fraction of sp³-hybridized carbons (Fsp3) is 0. The summed E-state index contributed by atoms with van der Waals surface area (Å²) in [5.74, 6) is 0.372. The number of rotatable bonds is 0. The molecule has 0 atom stereocenters. The van der Waals surface area contributed by atoms with Gasteiger partial charge in [-0.1, -0.05) is 11.6 Å². The smallest absolute Gasteiger partial charge is 0.150 e.